The summed E-state index contributed by atoms with van der Waals surface area (Å²) in [5, 5.41) is 6.61. The van der Waals surface area contributed by atoms with E-state index in [4.69, 9.17) is 9.72 Å². The molecule has 1 saturated heterocycles. The predicted octanol–water partition coefficient (Wildman–Crippen LogP) is 1.78. The highest BCUT2D eigenvalue weighted by Crippen LogP contribution is 2.26. The molecule has 0 atom stereocenters. The quantitative estimate of drug-likeness (QED) is 0.642. The van der Waals surface area contributed by atoms with E-state index in [9.17, 15) is 9.59 Å². The molecule has 2 aromatic rings. The van der Waals surface area contributed by atoms with Gasteiger partial charge in [0.25, 0.3) is 0 Å². The van der Waals surface area contributed by atoms with E-state index >= 15 is 0 Å². The van der Waals surface area contributed by atoms with E-state index in [1.54, 1.807) is 7.11 Å². The van der Waals surface area contributed by atoms with Gasteiger partial charge in [-0.3, -0.25) is 9.59 Å². The van der Waals surface area contributed by atoms with Gasteiger partial charge in [0.05, 0.1) is 12.1 Å². The highest BCUT2D eigenvalue weighted by Gasteiger charge is 2.16. The molecular weight excluding hydrogens is 382 g/mol. The summed E-state index contributed by atoms with van der Waals surface area (Å²) in [4.78, 5) is 33.4. The monoisotopic (exact) mass is 413 g/mol. The van der Waals surface area contributed by atoms with Crippen LogP contribution >= 0.6 is 0 Å². The zero-order valence-corrected chi connectivity index (χ0v) is 18.0. The molecular formula is C22H31N5O3. The number of likely N-dealkylation sites (N-methyl/N-ethyl adjacent to an activating group) is 1. The molecule has 1 aromatic carbocycles. The summed E-state index contributed by atoms with van der Waals surface area (Å²) in [6.07, 6.45) is 0.286. The molecule has 2 heterocycles. The van der Waals surface area contributed by atoms with E-state index < -0.39 is 0 Å². The molecule has 0 aliphatic carbocycles. The van der Waals surface area contributed by atoms with E-state index in [0.29, 0.717) is 18.8 Å². The zero-order chi connectivity index (χ0) is 21.5. The number of pyridine rings is 1. The fourth-order valence-corrected chi connectivity index (χ4v) is 3.48. The summed E-state index contributed by atoms with van der Waals surface area (Å²) in [5.74, 6) is 0.664. The summed E-state index contributed by atoms with van der Waals surface area (Å²) >= 11 is 0. The average molecular weight is 414 g/mol. The first kappa shape index (κ1) is 22.0. The Bertz CT molecular complexity index is 894. The highest BCUT2D eigenvalue weighted by molar-refractivity contribution is 5.96. The molecule has 1 aromatic heterocycles. The van der Waals surface area contributed by atoms with Crippen molar-refractivity contribution in [3.05, 3.63) is 29.8 Å². The first-order valence-corrected chi connectivity index (χ1v) is 10.4. The number of carbonyl (C=O) groups is 2. The van der Waals surface area contributed by atoms with Crippen LogP contribution in [0.1, 0.15) is 18.4 Å². The Kier molecular flexibility index (Phi) is 7.59. The molecule has 1 aliphatic heterocycles. The second-order valence-corrected chi connectivity index (χ2v) is 7.71. The van der Waals surface area contributed by atoms with Gasteiger partial charge in [0, 0.05) is 63.7 Å². The van der Waals surface area contributed by atoms with Gasteiger partial charge in [0.2, 0.25) is 11.8 Å². The number of amides is 2. The van der Waals surface area contributed by atoms with Crippen LogP contribution in [0, 0.1) is 6.92 Å². The van der Waals surface area contributed by atoms with Crippen molar-refractivity contribution >= 4 is 34.2 Å². The van der Waals surface area contributed by atoms with E-state index in [1.807, 2.05) is 18.2 Å². The third-order valence-corrected chi connectivity index (χ3v) is 5.32. The van der Waals surface area contributed by atoms with Crippen LogP contribution in [0.3, 0.4) is 0 Å². The number of benzene rings is 1. The molecule has 162 valence electrons. The lowest BCUT2D eigenvalue weighted by Gasteiger charge is -2.33. The topological polar surface area (TPSA) is 86.8 Å². The number of methoxy groups -OCH3 is 1. The molecule has 0 saturated carbocycles. The maximum absolute atomic E-state index is 12.2. The lowest BCUT2D eigenvalue weighted by molar-refractivity contribution is -0.124. The second kappa shape index (κ2) is 10.4. The Morgan fingerprint density at radius 2 is 1.83 bits per heavy atom. The van der Waals surface area contributed by atoms with Crippen LogP contribution in [0.25, 0.3) is 10.9 Å². The molecule has 3 rings (SSSR count). The minimum Gasteiger partial charge on any atom is -0.383 e. The maximum Gasteiger partial charge on any atom is 0.224 e. The van der Waals surface area contributed by atoms with Crippen LogP contribution in [0.2, 0.25) is 0 Å². The van der Waals surface area contributed by atoms with Gasteiger partial charge >= 0.3 is 0 Å². The van der Waals surface area contributed by atoms with Gasteiger partial charge in [-0.2, -0.15) is 0 Å². The predicted molar refractivity (Wildman–Crippen MR) is 119 cm³/mol. The van der Waals surface area contributed by atoms with Gasteiger partial charge < -0.3 is 25.2 Å². The number of ether oxygens (including phenoxy) is 1. The van der Waals surface area contributed by atoms with Gasteiger partial charge in [0.1, 0.15) is 5.82 Å². The largest absolute Gasteiger partial charge is 0.383 e. The third-order valence-electron chi connectivity index (χ3n) is 5.32. The first-order chi connectivity index (χ1) is 14.5. The number of fused-ring (bicyclic) bond motifs is 1. The number of anilines is 2. The fraction of sp³-hybridized carbons (Fsp3) is 0.500. The van der Waals surface area contributed by atoms with Gasteiger partial charge in [0.15, 0.2) is 0 Å². The number of rotatable bonds is 8. The molecule has 0 spiro atoms. The zero-order valence-electron chi connectivity index (χ0n) is 18.0. The minimum absolute atomic E-state index is 0.135. The van der Waals surface area contributed by atoms with Crippen molar-refractivity contribution in [1.29, 1.82) is 0 Å². The average Bonchev–Trinajstić information content (AvgIpc) is 2.73. The Hall–Kier alpha value is -2.71. The van der Waals surface area contributed by atoms with Crippen molar-refractivity contribution in [2.45, 2.75) is 19.8 Å². The molecule has 1 aliphatic rings. The standard InChI is InChI=1S/C22H31N5O3/c1-16-14-20(27-11-9-26(2)10-12-27)25-19-5-4-17(15-18(16)19)24-22(29)7-6-21(28)23-8-13-30-3/h4-5,14-15H,6-13H2,1-3H3,(H,23,28)(H,24,29). The highest BCUT2D eigenvalue weighted by atomic mass is 16.5. The summed E-state index contributed by atoms with van der Waals surface area (Å²) in [6.45, 7) is 6.99. The Balaban J connectivity index is 1.61. The van der Waals surface area contributed by atoms with Crippen molar-refractivity contribution in [2.24, 2.45) is 0 Å². The molecule has 1 fully saturated rings. The number of nitrogens with one attached hydrogen (secondary N) is 2. The molecule has 30 heavy (non-hydrogen) atoms. The Morgan fingerprint density at radius 1 is 1.10 bits per heavy atom. The SMILES string of the molecule is COCCNC(=O)CCC(=O)Nc1ccc2nc(N3CCN(C)CC3)cc(C)c2c1. The van der Waals surface area contributed by atoms with Crippen LogP contribution in [0.15, 0.2) is 24.3 Å². The van der Waals surface area contributed by atoms with Crippen LogP contribution in [0.4, 0.5) is 11.5 Å². The smallest absolute Gasteiger partial charge is 0.224 e. The van der Waals surface area contributed by atoms with Gasteiger partial charge in [-0.05, 0) is 43.8 Å². The van der Waals surface area contributed by atoms with Crippen molar-refractivity contribution in [1.82, 2.24) is 15.2 Å². The number of aromatic nitrogens is 1. The van der Waals surface area contributed by atoms with Crippen molar-refractivity contribution in [3.8, 4) is 0 Å². The summed E-state index contributed by atoms with van der Waals surface area (Å²) < 4.78 is 4.88. The molecule has 2 N–H and O–H groups in total. The number of hydrogen-bond donors (Lipinski definition) is 2. The van der Waals surface area contributed by atoms with Crippen molar-refractivity contribution in [3.63, 3.8) is 0 Å². The van der Waals surface area contributed by atoms with Crippen molar-refractivity contribution in [2.75, 3.05) is 63.7 Å². The van der Waals surface area contributed by atoms with Crippen molar-refractivity contribution < 1.29 is 14.3 Å². The third kappa shape index (κ3) is 5.90. The van der Waals surface area contributed by atoms with Gasteiger partial charge in [-0.1, -0.05) is 0 Å². The number of carbonyl (C=O) groups excluding carboxylic acids is 2. The molecule has 0 radical (unpaired) electrons. The number of nitrogens with zero attached hydrogens (tertiary/aromatic N) is 3. The minimum atomic E-state index is -0.184. The van der Waals surface area contributed by atoms with E-state index in [-0.39, 0.29) is 24.7 Å². The number of piperazine rings is 1. The van der Waals surface area contributed by atoms with Crippen LogP contribution in [0.5, 0.6) is 0 Å². The molecule has 8 heteroatoms. The first-order valence-electron chi connectivity index (χ1n) is 10.4. The fourth-order valence-electron chi connectivity index (χ4n) is 3.48. The summed E-state index contributed by atoms with van der Waals surface area (Å²) in [6, 6.07) is 7.86. The van der Waals surface area contributed by atoms with E-state index in [0.717, 1.165) is 48.5 Å². The van der Waals surface area contributed by atoms with Crippen LogP contribution in [-0.4, -0.2) is 75.2 Å². The van der Waals surface area contributed by atoms with Gasteiger partial charge in [-0.25, -0.2) is 4.98 Å². The van der Waals surface area contributed by atoms with E-state index in [2.05, 4.69) is 40.5 Å². The van der Waals surface area contributed by atoms with Crippen LogP contribution < -0.4 is 15.5 Å². The lowest BCUT2D eigenvalue weighted by atomic mass is 10.1. The normalized spacial score (nSPS) is 14.7. The number of aryl methyl sites for hydroxylation is 1. The second-order valence-electron chi connectivity index (χ2n) is 7.71. The Morgan fingerprint density at radius 3 is 2.57 bits per heavy atom. The number of hydrogen-bond acceptors (Lipinski definition) is 6. The van der Waals surface area contributed by atoms with E-state index in [1.165, 1.54) is 0 Å². The molecule has 8 nitrogen and oxygen atoms in total. The summed E-state index contributed by atoms with van der Waals surface area (Å²) in [7, 11) is 3.72. The molecule has 0 bridgehead atoms. The molecule has 0 unspecified atom stereocenters. The van der Waals surface area contributed by atoms with Crippen LogP contribution in [-0.2, 0) is 14.3 Å². The lowest BCUT2D eigenvalue weighted by Crippen LogP contribution is -2.44. The molecule has 2 amide bonds. The maximum atomic E-state index is 12.2. The summed E-state index contributed by atoms with van der Waals surface area (Å²) in [5.41, 5.74) is 2.76. The van der Waals surface area contributed by atoms with Gasteiger partial charge in [-0.15, -0.1) is 0 Å². The Labute approximate surface area is 177 Å².